The van der Waals surface area contributed by atoms with Crippen LogP contribution in [-0.4, -0.2) is 18.1 Å². The summed E-state index contributed by atoms with van der Waals surface area (Å²) in [6.07, 6.45) is 1.55. The molecule has 4 nitrogen and oxygen atoms in total. The molecule has 0 aliphatic carbocycles. The van der Waals surface area contributed by atoms with Gasteiger partial charge in [0.25, 0.3) is 0 Å². The summed E-state index contributed by atoms with van der Waals surface area (Å²) in [6, 6.07) is 3.66. The zero-order valence-corrected chi connectivity index (χ0v) is 8.49. The van der Waals surface area contributed by atoms with Gasteiger partial charge in [0.2, 0.25) is 0 Å². The fraction of sp³-hybridized carbons (Fsp3) is 0.400. The molecule has 0 atom stereocenters. The molecule has 0 radical (unpaired) electrons. The Morgan fingerprint density at radius 3 is 2.57 bits per heavy atom. The number of aromatic nitrogens is 1. The van der Waals surface area contributed by atoms with Gasteiger partial charge in [0.1, 0.15) is 6.07 Å². The van der Waals surface area contributed by atoms with Crippen LogP contribution in [0.15, 0.2) is 12.3 Å². The van der Waals surface area contributed by atoms with Gasteiger partial charge in [-0.05, 0) is 19.9 Å². The Bertz CT molecular complexity index is 350. The monoisotopic (exact) mass is 190 g/mol. The lowest BCUT2D eigenvalue weighted by Crippen LogP contribution is -2.24. The third-order valence-corrected chi connectivity index (χ3v) is 2.09. The zero-order chi connectivity index (χ0) is 10.6. The van der Waals surface area contributed by atoms with E-state index >= 15 is 0 Å². The summed E-state index contributed by atoms with van der Waals surface area (Å²) < 4.78 is 0. The lowest BCUT2D eigenvalue weighted by atomic mass is 10.2. The van der Waals surface area contributed by atoms with Gasteiger partial charge < -0.3 is 10.6 Å². The first kappa shape index (κ1) is 10.3. The van der Waals surface area contributed by atoms with Gasteiger partial charge in [0.15, 0.2) is 5.82 Å². The van der Waals surface area contributed by atoms with Gasteiger partial charge in [-0.2, -0.15) is 5.26 Å². The minimum absolute atomic E-state index is 0.499. The van der Waals surface area contributed by atoms with Crippen molar-refractivity contribution < 1.29 is 0 Å². The van der Waals surface area contributed by atoms with E-state index in [1.165, 1.54) is 0 Å². The van der Waals surface area contributed by atoms with E-state index in [0.717, 1.165) is 18.9 Å². The van der Waals surface area contributed by atoms with Gasteiger partial charge in [-0.3, -0.25) is 0 Å². The zero-order valence-electron chi connectivity index (χ0n) is 8.49. The number of rotatable bonds is 3. The van der Waals surface area contributed by atoms with Gasteiger partial charge >= 0.3 is 0 Å². The molecule has 14 heavy (non-hydrogen) atoms. The Morgan fingerprint density at radius 2 is 2.14 bits per heavy atom. The normalized spacial score (nSPS) is 9.50. The van der Waals surface area contributed by atoms with Crippen molar-refractivity contribution in [2.24, 2.45) is 0 Å². The maximum atomic E-state index is 8.65. The molecule has 74 valence electrons. The molecule has 1 heterocycles. The molecule has 0 spiro atoms. The minimum Gasteiger partial charge on any atom is -0.396 e. The summed E-state index contributed by atoms with van der Waals surface area (Å²) >= 11 is 0. The van der Waals surface area contributed by atoms with E-state index in [9.17, 15) is 0 Å². The Kier molecular flexibility index (Phi) is 3.29. The molecule has 0 saturated carbocycles. The van der Waals surface area contributed by atoms with Crippen molar-refractivity contribution >= 4 is 11.5 Å². The molecule has 0 unspecified atom stereocenters. The molecule has 2 N–H and O–H groups in total. The first-order valence-corrected chi connectivity index (χ1v) is 4.63. The SMILES string of the molecule is CCN(CC)c1ncc(C#N)cc1N. The molecule has 0 amide bonds. The van der Waals surface area contributed by atoms with Crippen LogP contribution in [-0.2, 0) is 0 Å². The number of nitrogen functional groups attached to an aromatic ring is 1. The maximum Gasteiger partial charge on any atom is 0.151 e. The van der Waals surface area contributed by atoms with Crippen molar-refractivity contribution in [3.63, 3.8) is 0 Å². The molecule has 0 fully saturated rings. The van der Waals surface area contributed by atoms with Crippen molar-refractivity contribution in [1.82, 2.24) is 4.98 Å². The van der Waals surface area contributed by atoms with Crippen LogP contribution in [0.2, 0.25) is 0 Å². The smallest absolute Gasteiger partial charge is 0.151 e. The van der Waals surface area contributed by atoms with Crippen LogP contribution in [0, 0.1) is 11.3 Å². The molecular formula is C10H14N4. The van der Waals surface area contributed by atoms with E-state index in [-0.39, 0.29) is 0 Å². The Balaban J connectivity index is 3.05. The molecule has 4 heteroatoms. The molecule has 0 aliphatic heterocycles. The second-order valence-electron chi connectivity index (χ2n) is 2.92. The highest BCUT2D eigenvalue weighted by atomic mass is 15.2. The third kappa shape index (κ3) is 1.94. The van der Waals surface area contributed by atoms with Crippen LogP contribution in [0.25, 0.3) is 0 Å². The van der Waals surface area contributed by atoms with E-state index in [1.807, 2.05) is 19.9 Å². The molecule has 1 rings (SSSR count). The van der Waals surface area contributed by atoms with Crippen molar-refractivity contribution in [2.45, 2.75) is 13.8 Å². The molecule has 0 aromatic carbocycles. The van der Waals surface area contributed by atoms with Crippen LogP contribution in [0.3, 0.4) is 0 Å². The van der Waals surface area contributed by atoms with Crippen molar-refractivity contribution in [1.29, 1.82) is 5.26 Å². The molecule has 0 aliphatic rings. The summed E-state index contributed by atoms with van der Waals surface area (Å²) in [5.41, 5.74) is 6.85. The number of nitrogens with two attached hydrogens (primary N) is 1. The fourth-order valence-electron chi connectivity index (χ4n) is 1.32. The summed E-state index contributed by atoms with van der Waals surface area (Å²) in [7, 11) is 0. The third-order valence-electron chi connectivity index (χ3n) is 2.09. The van der Waals surface area contributed by atoms with Gasteiger partial charge in [-0.1, -0.05) is 0 Å². The van der Waals surface area contributed by atoms with Crippen LogP contribution < -0.4 is 10.6 Å². The topological polar surface area (TPSA) is 65.9 Å². The lowest BCUT2D eigenvalue weighted by Gasteiger charge is -2.21. The van der Waals surface area contributed by atoms with Crippen LogP contribution >= 0.6 is 0 Å². The summed E-state index contributed by atoms with van der Waals surface area (Å²) in [5, 5.41) is 8.65. The standard InChI is InChI=1S/C10H14N4/c1-3-14(4-2)10-9(12)5-8(6-11)7-13-10/h5,7H,3-4,12H2,1-2H3. The van der Waals surface area contributed by atoms with Crippen LogP contribution in [0.1, 0.15) is 19.4 Å². The second-order valence-corrected chi connectivity index (χ2v) is 2.92. The molecule has 0 bridgehead atoms. The molecule has 1 aromatic heterocycles. The average Bonchev–Trinajstić information content (AvgIpc) is 2.22. The number of pyridine rings is 1. The number of hydrogen-bond acceptors (Lipinski definition) is 4. The molecule has 1 aromatic rings. The molecule has 0 saturated heterocycles. The number of nitriles is 1. The van der Waals surface area contributed by atoms with Gasteiger partial charge in [-0.15, -0.1) is 0 Å². The van der Waals surface area contributed by atoms with E-state index in [1.54, 1.807) is 12.3 Å². The highest BCUT2D eigenvalue weighted by Gasteiger charge is 2.07. The Labute approximate surface area is 84.0 Å². The van der Waals surface area contributed by atoms with Gasteiger partial charge in [0, 0.05) is 19.3 Å². The number of nitrogens with zero attached hydrogens (tertiary/aromatic N) is 3. The first-order chi connectivity index (χ1) is 6.72. The average molecular weight is 190 g/mol. The van der Waals surface area contributed by atoms with Crippen LogP contribution in [0.4, 0.5) is 11.5 Å². The van der Waals surface area contributed by atoms with E-state index in [4.69, 9.17) is 11.0 Å². The predicted molar refractivity (Wildman–Crippen MR) is 56.9 cm³/mol. The quantitative estimate of drug-likeness (QED) is 0.782. The second kappa shape index (κ2) is 4.47. The maximum absolute atomic E-state index is 8.65. The van der Waals surface area contributed by atoms with E-state index in [2.05, 4.69) is 9.88 Å². The molecular weight excluding hydrogens is 176 g/mol. The first-order valence-electron chi connectivity index (χ1n) is 4.63. The van der Waals surface area contributed by atoms with Gasteiger partial charge in [-0.25, -0.2) is 4.98 Å². The van der Waals surface area contributed by atoms with E-state index in [0.29, 0.717) is 11.3 Å². The fourth-order valence-corrected chi connectivity index (χ4v) is 1.32. The van der Waals surface area contributed by atoms with Gasteiger partial charge in [0.05, 0.1) is 11.3 Å². The summed E-state index contributed by atoms with van der Waals surface area (Å²) in [4.78, 5) is 6.22. The van der Waals surface area contributed by atoms with Crippen molar-refractivity contribution in [3.05, 3.63) is 17.8 Å². The largest absolute Gasteiger partial charge is 0.396 e. The van der Waals surface area contributed by atoms with E-state index < -0.39 is 0 Å². The number of hydrogen-bond donors (Lipinski definition) is 1. The van der Waals surface area contributed by atoms with Crippen LogP contribution in [0.5, 0.6) is 0 Å². The Morgan fingerprint density at radius 1 is 1.50 bits per heavy atom. The van der Waals surface area contributed by atoms with Crippen molar-refractivity contribution in [3.8, 4) is 6.07 Å². The lowest BCUT2D eigenvalue weighted by molar-refractivity contribution is 0.848. The summed E-state index contributed by atoms with van der Waals surface area (Å²) in [5.74, 6) is 0.758. The predicted octanol–water partition coefficient (Wildman–Crippen LogP) is 1.38. The summed E-state index contributed by atoms with van der Waals surface area (Å²) in [6.45, 7) is 5.81. The Hall–Kier alpha value is -1.76. The number of anilines is 2. The highest BCUT2D eigenvalue weighted by molar-refractivity contribution is 5.64. The highest BCUT2D eigenvalue weighted by Crippen LogP contribution is 2.20. The van der Waals surface area contributed by atoms with Crippen molar-refractivity contribution in [2.75, 3.05) is 23.7 Å². The minimum atomic E-state index is 0.499.